The fraction of sp³-hybridized carbons (Fsp3) is 0.0303. The molecule has 6 aromatic rings. The van der Waals surface area contributed by atoms with E-state index in [-0.39, 0.29) is 29.2 Å². The van der Waals surface area contributed by atoms with E-state index in [1.54, 1.807) is 12.1 Å². The first-order chi connectivity index (χ1) is 21.1. The molecule has 0 amide bonds. The topological polar surface area (TPSA) is 127 Å². The Bertz CT molecular complexity index is 1900. The van der Waals surface area contributed by atoms with Gasteiger partial charge in [-0.2, -0.15) is 0 Å². The highest BCUT2D eigenvalue weighted by atomic mass is 79.9. The standard InChI is InChI=1S/C16H10BrNO2.C10H6Br2.C6H6BNO4.CH4/c17-16-10-9-13(14-3-1-2-4-15(14)16)11-5-7-12(8-6-11)18(19)20;11-9-5-6-10(12)8-4-2-1-3-7(8)9;9-7(10)5-1-3-6(4-2-5)8(11)12;/h1-10H;1-6H;1-4,9-10H;1H4. The summed E-state index contributed by atoms with van der Waals surface area (Å²) in [4.78, 5) is 19.9. The SMILES string of the molecule is Brc1ccc(Br)c2ccccc12.C.O=[N+]([O-])c1ccc(-c2ccc(Br)c3ccccc23)cc1.O=[N+]([O-])c1ccc(B(O)O)cc1. The van der Waals surface area contributed by atoms with Gasteiger partial charge >= 0.3 is 7.12 Å². The zero-order chi connectivity index (χ0) is 31.8. The number of nitro benzene ring substituents is 2. The molecule has 6 rings (SSSR count). The molecule has 0 spiro atoms. The van der Waals surface area contributed by atoms with Crippen molar-refractivity contribution in [3.05, 3.63) is 155 Å². The lowest BCUT2D eigenvalue weighted by molar-refractivity contribution is -0.385. The first-order valence-electron chi connectivity index (χ1n) is 12.9. The van der Waals surface area contributed by atoms with E-state index in [0.29, 0.717) is 0 Å². The van der Waals surface area contributed by atoms with E-state index in [0.717, 1.165) is 35.3 Å². The number of hydrogen-bond donors (Lipinski definition) is 2. The second kappa shape index (κ2) is 16.4. The van der Waals surface area contributed by atoms with Crippen molar-refractivity contribution in [2.45, 2.75) is 7.43 Å². The number of hydrogen-bond acceptors (Lipinski definition) is 6. The lowest BCUT2D eigenvalue weighted by Crippen LogP contribution is -2.29. The quantitative estimate of drug-likeness (QED) is 0.104. The molecule has 0 heterocycles. The largest absolute Gasteiger partial charge is 0.488 e. The molecule has 6 aromatic carbocycles. The maximum absolute atomic E-state index is 10.7. The Balaban J connectivity index is 0.000000192. The third-order valence-corrected chi connectivity index (χ3v) is 8.55. The molecule has 0 radical (unpaired) electrons. The summed E-state index contributed by atoms with van der Waals surface area (Å²) < 4.78 is 3.32. The minimum Gasteiger partial charge on any atom is -0.423 e. The second-order valence-electron chi connectivity index (χ2n) is 9.24. The van der Waals surface area contributed by atoms with Gasteiger partial charge in [0.1, 0.15) is 0 Å². The van der Waals surface area contributed by atoms with Crippen LogP contribution in [0.25, 0.3) is 32.7 Å². The van der Waals surface area contributed by atoms with Gasteiger partial charge in [-0.15, -0.1) is 0 Å². The lowest BCUT2D eigenvalue weighted by Gasteiger charge is -2.08. The summed E-state index contributed by atoms with van der Waals surface area (Å²) in [5.74, 6) is 0. The molecule has 12 heteroatoms. The molecule has 0 atom stereocenters. The van der Waals surface area contributed by atoms with Crippen molar-refractivity contribution >= 4 is 93.3 Å². The molecule has 0 aliphatic carbocycles. The van der Waals surface area contributed by atoms with E-state index < -0.39 is 12.0 Å². The van der Waals surface area contributed by atoms with Crippen LogP contribution >= 0.6 is 47.8 Å². The molecule has 0 fully saturated rings. The van der Waals surface area contributed by atoms with E-state index >= 15 is 0 Å². The fourth-order valence-corrected chi connectivity index (χ4v) is 5.70. The van der Waals surface area contributed by atoms with Crippen LogP contribution in [-0.4, -0.2) is 27.0 Å². The maximum atomic E-state index is 10.7. The monoisotopic (exact) mass is 794 g/mol. The van der Waals surface area contributed by atoms with E-state index in [2.05, 4.69) is 66.0 Å². The van der Waals surface area contributed by atoms with Crippen LogP contribution in [0.2, 0.25) is 0 Å². The summed E-state index contributed by atoms with van der Waals surface area (Å²) >= 11 is 10.6. The lowest BCUT2D eigenvalue weighted by atomic mass is 9.80. The highest BCUT2D eigenvalue weighted by molar-refractivity contribution is 9.11. The molecule has 2 N–H and O–H groups in total. The van der Waals surface area contributed by atoms with Crippen molar-refractivity contribution < 1.29 is 19.9 Å². The number of fused-ring (bicyclic) bond motifs is 2. The molecule has 0 unspecified atom stereocenters. The first kappa shape index (κ1) is 35.5. The summed E-state index contributed by atoms with van der Waals surface area (Å²) in [7, 11) is -1.58. The van der Waals surface area contributed by atoms with Gasteiger partial charge in [-0.05, 0) is 68.5 Å². The molecule has 8 nitrogen and oxygen atoms in total. The van der Waals surface area contributed by atoms with Crippen molar-refractivity contribution in [1.29, 1.82) is 0 Å². The summed E-state index contributed by atoms with van der Waals surface area (Å²) in [5.41, 5.74) is 2.31. The van der Waals surface area contributed by atoms with Crippen LogP contribution in [0.4, 0.5) is 11.4 Å². The van der Waals surface area contributed by atoms with Gasteiger partial charge in [-0.25, -0.2) is 0 Å². The highest BCUT2D eigenvalue weighted by Crippen LogP contribution is 2.34. The van der Waals surface area contributed by atoms with Gasteiger partial charge in [0.2, 0.25) is 0 Å². The van der Waals surface area contributed by atoms with Crippen LogP contribution in [0, 0.1) is 20.2 Å². The summed E-state index contributed by atoms with van der Waals surface area (Å²) in [6.45, 7) is 0. The zero-order valence-corrected chi connectivity index (χ0v) is 27.4. The van der Waals surface area contributed by atoms with Crippen LogP contribution in [0.5, 0.6) is 0 Å². The zero-order valence-electron chi connectivity index (χ0n) is 22.7. The van der Waals surface area contributed by atoms with Crippen LogP contribution in [0.3, 0.4) is 0 Å². The van der Waals surface area contributed by atoms with Crippen molar-refractivity contribution in [3.8, 4) is 11.1 Å². The molecule has 0 bridgehead atoms. The van der Waals surface area contributed by atoms with E-state index in [9.17, 15) is 20.2 Å². The third kappa shape index (κ3) is 9.06. The molecular weight excluding hydrogens is 771 g/mol. The predicted octanol–water partition coefficient (Wildman–Crippen LogP) is 9.45. The Morgan fingerprint density at radius 3 is 1.27 bits per heavy atom. The second-order valence-corrected chi connectivity index (χ2v) is 11.8. The van der Waals surface area contributed by atoms with Crippen LogP contribution in [-0.2, 0) is 0 Å². The van der Waals surface area contributed by atoms with Crippen molar-refractivity contribution in [2.24, 2.45) is 0 Å². The van der Waals surface area contributed by atoms with Crippen molar-refractivity contribution in [2.75, 3.05) is 0 Å². The first-order valence-corrected chi connectivity index (χ1v) is 15.3. The minimum absolute atomic E-state index is 0. The molecule has 228 valence electrons. The summed E-state index contributed by atoms with van der Waals surface area (Å²) in [6, 6.07) is 36.1. The predicted molar refractivity (Wildman–Crippen MR) is 193 cm³/mol. The average Bonchev–Trinajstić information content (AvgIpc) is 3.04. The number of nitrogens with zero attached hydrogens (tertiary/aromatic N) is 2. The molecule has 0 aromatic heterocycles. The van der Waals surface area contributed by atoms with E-state index in [1.165, 1.54) is 47.2 Å². The third-order valence-electron chi connectivity index (χ3n) is 6.48. The Morgan fingerprint density at radius 1 is 0.511 bits per heavy atom. The molecule has 0 saturated heterocycles. The van der Waals surface area contributed by atoms with E-state index in [1.807, 2.05) is 54.6 Å². The fourth-order valence-electron chi connectivity index (χ4n) is 4.27. The van der Waals surface area contributed by atoms with Crippen LogP contribution < -0.4 is 5.46 Å². The van der Waals surface area contributed by atoms with Crippen LogP contribution in [0.1, 0.15) is 7.43 Å². The molecule has 0 aliphatic heterocycles. The number of non-ortho nitro benzene ring substituents is 2. The van der Waals surface area contributed by atoms with Crippen LogP contribution in [0.15, 0.2) is 135 Å². The molecule has 45 heavy (non-hydrogen) atoms. The Morgan fingerprint density at radius 2 is 0.867 bits per heavy atom. The molecule has 0 saturated carbocycles. The maximum Gasteiger partial charge on any atom is 0.488 e. The Kier molecular flexibility index (Phi) is 13.0. The molecule has 0 aliphatic rings. The smallest absolute Gasteiger partial charge is 0.423 e. The number of halogens is 3. The molecular formula is C33H26BBr3N2O6. The van der Waals surface area contributed by atoms with Gasteiger partial charge in [0.15, 0.2) is 0 Å². The number of benzene rings is 6. The van der Waals surface area contributed by atoms with E-state index in [4.69, 9.17) is 10.0 Å². The van der Waals surface area contributed by atoms with Gasteiger partial charge in [0.25, 0.3) is 11.4 Å². The van der Waals surface area contributed by atoms with Crippen molar-refractivity contribution in [3.63, 3.8) is 0 Å². The van der Waals surface area contributed by atoms with Gasteiger partial charge < -0.3 is 10.0 Å². The van der Waals surface area contributed by atoms with Gasteiger partial charge in [0.05, 0.1) is 9.85 Å². The normalized spacial score (nSPS) is 10.1. The highest BCUT2D eigenvalue weighted by Gasteiger charge is 2.12. The summed E-state index contributed by atoms with van der Waals surface area (Å²) in [6.07, 6.45) is 0. The number of rotatable bonds is 4. The average molecular weight is 797 g/mol. The minimum atomic E-state index is -1.58. The summed E-state index contributed by atoms with van der Waals surface area (Å²) in [5, 5.41) is 42.9. The Hall–Kier alpha value is -3.94. The number of nitro groups is 2. The van der Waals surface area contributed by atoms with Crippen molar-refractivity contribution in [1.82, 2.24) is 0 Å². The van der Waals surface area contributed by atoms with Gasteiger partial charge in [-0.3, -0.25) is 20.2 Å². The van der Waals surface area contributed by atoms with Gasteiger partial charge in [0, 0.05) is 37.7 Å². The van der Waals surface area contributed by atoms with Gasteiger partial charge in [-0.1, -0.05) is 122 Å². The Labute approximate surface area is 285 Å².